The van der Waals surface area contributed by atoms with Gasteiger partial charge in [-0.05, 0) is 50.3 Å². The lowest BCUT2D eigenvalue weighted by Gasteiger charge is -2.53. The summed E-state index contributed by atoms with van der Waals surface area (Å²) in [6.45, 7) is 2.15. The molecule has 1 aliphatic carbocycles. The van der Waals surface area contributed by atoms with Gasteiger partial charge in [0.1, 0.15) is 12.4 Å². The third-order valence-corrected chi connectivity index (χ3v) is 7.76. The summed E-state index contributed by atoms with van der Waals surface area (Å²) in [5, 5.41) is 14.8. The molecule has 204 valence electrons. The summed E-state index contributed by atoms with van der Waals surface area (Å²) < 4.78 is 27.2. The predicted molar refractivity (Wildman–Crippen MR) is 136 cm³/mol. The molecule has 1 saturated carbocycles. The first-order valence-electron chi connectivity index (χ1n) is 12.6. The van der Waals surface area contributed by atoms with Gasteiger partial charge in [-0.25, -0.2) is 4.79 Å². The van der Waals surface area contributed by atoms with Crippen molar-refractivity contribution in [1.29, 1.82) is 0 Å². The summed E-state index contributed by atoms with van der Waals surface area (Å²) in [6.07, 6.45) is 2.90. The minimum Gasteiger partial charge on any atom is -0.469 e. The summed E-state index contributed by atoms with van der Waals surface area (Å²) in [6, 6.07) is 13.0. The molecule has 2 aliphatic heterocycles. The van der Waals surface area contributed by atoms with E-state index in [9.17, 15) is 19.7 Å². The zero-order chi connectivity index (χ0) is 27.6. The highest BCUT2D eigenvalue weighted by molar-refractivity contribution is 5.70. The van der Waals surface area contributed by atoms with Crippen molar-refractivity contribution in [3.05, 3.63) is 75.5 Å². The van der Waals surface area contributed by atoms with Gasteiger partial charge in [0.25, 0.3) is 5.69 Å². The highest BCUT2D eigenvalue weighted by Crippen LogP contribution is 2.55. The van der Waals surface area contributed by atoms with Crippen LogP contribution in [0.3, 0.4) is 0 Å². The number of esters is 1. The van der Waals surface area contributed by atoms with Crippen LogP contribution in [-0.4, -0.2) is 35.9 Å². The quantitative estimate of drug-likeness (QED) is 0.154. The van der Waals surface area contributed by atoms with Crippen molar-refractivity contribution in [2.75, 3.05) is 13.7 Å². The topological polar surface area (TPSA) is 140 Å². The highest BCUT2D eigenvalue weighted by atomic mass is 16.7. The maximum Gasteiger partial charge on any atom is 0.514 e. The minimum absolute atomic E-state index is 0.115. The second kappa shape index (κ2) is 10.5. The molecule has 0 unspecified atom stereocenters. The van der Waals surface area contributed by atoms with Gasteiger partial charge in [0, 0.05) is 23.1 Å². The Bertz CT molecular complexity index is 1350. The third kappa shape index (κ3) is 5.35. The molecule has 3 fully saturated rings. The summed E-state index contributed by atoms with van der Waals surface area (Å²) in [5.74, 6) is 0.405. The molecule has 2 saturated heterocycles. The van der Waals surface area contributed by atoms with Gasteiger partial charge in [-0.1, -0.05) is 29.4 Å². The molecule has 11 heteroatoms. The molecule has 0 spiro atoms. The van der Waals surface area contributed by atoms with E-state index in [-0.39, 0.29) is 35.0 Å². The average molecular weight is 537 g/mol. The van der Waals surface area contributed by atoms with E-state index in [1.807, 2.05) is 24.3 Å². The van der Waals surface area contributed by atoms with Crippen LogP contribution in [0.2, 0.25) is 0 Å². The fourth-order valence-corrected chi connectivity index (χ4v) is 5.35. The lowest BCUT2D eigenvalue weighted by atomic mass is 9.63. The average Bonchev–Trinajstić information content (AvgIpc) is 3.33. The van der Waals surface area contributed by atoms with Crippen LogP contribution in [-0.2, 0) is 31.2 Å². The molecule has 6 rings (SSSR count). The van der Waals surface area contributed by atoms with E-state index < -0.39 is 11.1 Å². The fraction of sp³-hybridized carbons (Fsp3) is 0.393. The number of rotatable bonds is 8. The number of non-ortho nitro benzene ring substituents is 1. The van der Waals surface area contributed by atoms with Gasteiger partial charge in [-0.2, -0.15) is 0 Å². The Hall–Kier alpha value is -4.25. The number of benzene rings is 2. The van der Waals surface area contributed by atoms with E-state index in [2.05, 4.69) is 5.16 Å². The Balaban J connectivity index is 1.23. The molecular weight excluding hydrogens is 508 g/mol. The first kappa shape index (κ1) is 26.4. The third-order valence-electron chi connectivity index (χ3n) is 7.76. The number of aromatic nitrogens is 1. The van der Waals surface area contributed by atoms with Crippen molar-refractivity contribution in [1.82, 2.24) is 5.16 Å². The molecule has 1 aromatic heterocycles. The zero-order valence-corrected chi connectivity index (χ0v) is 21.6. The van der Waals surface area contributed by atoms with E-state index >= 15 is 0 Å². The van der Waals surface area contributed by atoms with Gasteiger partial charge in [-0.3, -0.25) is 14.9 Å². The predicted octanol–water partition coefficient (Wildman–Crippen LogP) is 5.62. The lowest BCUT2D eigenvalue weighted by Crippen LogP contribution is -2.50. The van der Waals surface area contributed by atoms with Crippen LogP contribution >= 0.6 is 0 Å². The van der Waals surface area contributed by atoms with Gasteiger partial charge in [-0.15, -0.1) is 0 Å². The highest BCUT2D eigenvalue weighted by Gasteiger charge is 2.51. The summed E-state index contributed by atoms with van der Waals surface area (Å²) in [4.78, 5) is 34.3. The SMILES string of the molecule is COC(=O)CC12CCC(c3ccc(-c4onc(C)c4COC(=O)Oc4ccc([N+](=O)[O-])cc4)cc3)(CC1)OC2. The number of methoxy groups -OCH3 is 1. The van der Waals surface area contributed by atoms with Crippen molar-refractivity contribution in [2.45, 2.75) is 51.2 Å². The van der Waals surface area contributed by atoms with Crippen LogP contribution in [0.5, 0.6) is 5.75 Å². The molecule has 0 radical (unpaired) electrons. The van der Waals surface area contributed by atoms with E-state index in [1.54, 1.807) is 6.92 Å². The molecule has 39 heavy (non-hydrogen) atoms. The molecule has 0 amide bonds. The van der Waals surface area contributed by atoms with Crippen molar-refractivity contribution in [3.8, 4) is 17.1 Å². The summed E-state index contributed by atoms with van der Waals surface area (Å²) in [5.41, 5.74) is 2.38. The van der Waals surface area contributed by atoms with E-state index in [0.717, 1.165) is 36.8 Å². The molecule has 0 atom stereocenters. The molecule has 3 heterocycles. The monoisotopic (exact) mass is 536 g/mol. The molecule has 0 N–H and O–H groups in total. The number of nitro groups is 1. The second-order valence-electron chi connectivity index (χ2n) is 10.1. The molecule has 3 aliphatic rings. The number of fused-ring (bicyclic) bond motifs is 3. The Kier molecular flexibility index (Phi) is 7.09. The van der Waals surface area contributed by atoms with Crippen LogP contribution in [0.4, 0.5) is 10.5 Å². The Labute approximate surface area is 224 Å². The number of aryl methyl sites for hydroxylation is 1. The van der Waals surface area contributed by atoms with E-state index in [4.69, 9.17) is 23.5 Å². The van der Waals surface area contributed by atoms with Crippen molar-refractivity contribution in [2.24, 2.45) is 5.41 Å². The number of hydrogen-bond donors (Lipinski definition) is 0. The van der Waals surface area contributed by atoms with Crippen molar-refractivity contribution < 1.29 is 38.0 Å². The number of carbonyl (C=O) groups is 2. The molecule has 3 aromatic rings. The smallest absolute Gasteiger partial charge is 0.469 e. The van der Waals surface area contributed by atoms with Crippen LogP contribution in [0, 0.1) is 22.5 Å². The van der Waals surface area contributed by atoms with Crippen LogP contribution in [0.1, 0.15) is 48.9 Å². The molecule has 2 bridgehead atoms. The van der Waals surface area contributed by atoms with Gasteiger partial charge < -0.3 is 23.5 Å². The van der Waals surface area contributed by atoms with Crippen molar-refractivity contribution >= 4 is 17.8 Å². The van der Waals surface area contributed by atoms with Gasteiger partial charge in [0.2, 0.25) is 0 Å². The number of carbonyl (C=O) groups excluding carboxylic acids is 2. The standard InChI is InChI=1S/C28H28N2O9/c1-18-23(16-36-26(32)38-22-9-7-21(8-10-22)30(33)34)25(39-29-18)19-3-5-20(6-4-19)28-13-11-27(12-14-28,17-37-28)15-24(31)35-2/h3-10H,11-17H2,1-2H3. The number of ether oxygens (including phenoxy) is 4. The zero-order valence-electron chi connectivity index (χ0n) is 21.6. The van der Waals surface area contributed by atoms with Gasteiger partial charge >= 0.3 is 12.1 Å². The largest absolute Gasteiger partial charge is 0.514 e. The Morgan fingerprint density at radius 1 is 1.05 bits per heavy atom. The van der Waals surface area contributed by atoms with Crippen LogP contribution < -0.4 is 4.74 Å². The van der Waals surface area contributed by atoms with Gasteiger partial charge in [0.05, 0.1) is 41.9 Å². The van der Waals surface area contributed by atoms with Crippen molar-refractivity contribution in [3.63, 3.8) is 0 Å². The molecule has 2 aromatic carbocycles. The molecular formula is C28H28N2O9. The maximum absolute atomic E-state index is 12.2. The van der Waals surface area contributed by atoms with Gasteiger partial charge in [0.15, 0.2) is 5.76 Å². The van der Waals surface area contributed by atoms with E-state index in [1.165, 1.54) is 31.4 Å². The maximum atomic E-state index is 12.2. The minimum atomic E-state index is -0.958. The normalized spacial score (nSPS) is 21.8. The Morgan fingerprint density at radius 2 is 1.74 bits per heavy atom. The van der Waals surface area contributed by atoms with E-state index in [0.29, 0.717) is 30.0 Å². The number of hydrogen-bond acceptors (Lipinski definition) is 10. The lowest BCUT2D eigenvalue weighted by molar-refractivity contribution is -0.384. The number of nitrogens with zero attached hydrogens (tertiary/aromatic N) is 2. The first-order valence-corrected chi connectivity index (χ1v) is 12.6. The fourth-order valence-electron chi connectivity index (χ4n) is 5.35. The van der Waals surface area contributed by atoms with Crippen LogP contribution in [0.15, 0.2) is 53.1 Å². The first-order chi connectivity index (χ1) is 18.7. The second-order valence-corrected chi connectivity index (χ2v) is 10.1. The van der Waals surface area contributed by atoms with Crippen LogP contribution in [0.25, 0.3) is 11.3 Å². The number of nitro benzene ring substituents is 1. The summed E-state index contributed by atoms with van der Waals surface area (Å²) in [7, 11) is 1.42. The summed E-state index contributed by atoms with van der Waals surface area (Å²) >= 11 is 0. The molecule has 11 nitrogen and oxygen atoms in total. The Morgan fingerprint density at radius 3 is 2.33 bits per heavy atom.